The van der Waals surface area contributed by atoms with Crippen LogP contribution in [0.3, 0.4) is 0 Å². The molecule has 1 saturated heterocycles. The molecule has 2 aliphatic rings. The van der Waals surface area contributed by atoms with Crippen LogP contribution in [-0.2, 0) is 28.9 Å². The van der Waals surface area contributed by atoms with E-state index in [0.29, 0.717) is 36.6 Å². The van der Waals surface area contributed by atoms with Crippen LogP contribution in [0.1, 0.15) is 35.7 Å². The minimum atomic E-state index is -0.728. The van der Waals surface area contributed by atoms with Gasteiger partial charge < -0.3 is 19.2 Å². The van der Waals surface area contributed by atoms with E-state index in [0.717, 1.165) is 18.5 Å². The van der Waals surface area contributed by atoms with Crippen LogP contribution in [0.4, 0.5) is 8.78 Å². The highest BCUT2D eigenvalue weighted by Gasteiger charge is 2.32. The number of fused-ring (bicyclic) bond motifs is 1. The van der Waals surface area contributed by atoms with Gasteiger partial charge in [0.15, 0.2) is 4.77 Å². The molecule has 0 spiro atoms. The van der Waals surface area contributed by atoms with E-state index >= 15 is 0 Å². The van der Waals surface area contributed by atoms with E-state index in [1.807, 2.05) is 11.6 Å². The third-order valence-corrected chi connectivity index (χ3v) is 6.58. The van der Waals surface area contributed by atoms with Crippen molar-refractivity contribution in [1.29, 1.82) is 0 Å². The van der Waals surface area contributed by atoms with Gasteiger partial charge in [-0.3, -0.25) is 4.79 Å². The van der Waals surface area contributed by atoms with Gasteiger partial charge in [0.05, 0.1) is 11.4 Å². The summed E-state index contributed by atoms with van der Waals surface area (Å²) in [5.74, 6) is -1.77. The Morgan fingerprint density at radius 3 is 2.83 bits per heavy atom. The highest BCUT2D eigenvalue weighted by atomic mass is 35.5. The maximum atomic E-state index is 14.5. The second kappa shape index (κ2) is 8.16. The van der Waals surface area contributed by atoms with E-state index in [1.54, 1.807) is 4.90 Å². The van der Waals surface area contributed by atoms with Crippen molar-refractivity contribution in [1.82, 2.24) is 14.5 Å². The monoisotopic (exact) mass is 441 g/mol. The van der Waals surface area contributed by atoms with E-state index in [9.17, 15) is 13.6 Å². The second-order valence-corrected chi connectivity index (χ2v) is 8.44. The molecular formula is C20H22ClF2N3O2S. The molecule has 29 heavy (non-hydrogen) atoms. The van der Waals surface area contributed by atoms with Crippen molar-refractivity contribution in [3.05, 3.63) is 50.5 Å². The Hall–Kier alpha value is -1.77. The Balaban J connectivity index is 1.54. The molecule has 1 aromatic heterocycles. The van der Waals surface area contributed by atoms with Crippen LogP contribution in [0.15, 0.2) is 12.1 Å². The Labute approximate surface area is 177 Å². The molecule has 2 aliphatic heterocycles. The molecule has 156 valence electrons. The van der Waals surface area contributed by atoms with Gasteiger partial charge >= 0.3 is 0 Å². The number of aromatic nitrogens is 2. The predicted octanol–water partition coefficient (Wildman–Crippen LogP) is 4.00. The maximum absolute atomic E-state index is 14.5. The smallest absolute Gasteiger partial charge is 0.228 e. The van der Waals surface area contributed by atoms with Crippen LogP contribution >= 0.6 is 23.8 Å². The summed E-state index contributed by atoms with van der Waals surface area (Å²) in [7, 11) is 1.81. The van der Waals surface area contributed by atoms with Gasteiger partial charge in [-0.2, -0.15) is 0 Å². The summed E-state index contributed by atoms with van der Waals surface area (Å²) < 4.78 is 36.5. The topological polar surface area (TPSA) is 50.3 Å². The number of ether oxygens (including phenoxy) is 1. The number of nitrogens with one attached hydrogen (secondary N) is 1. The lowest BCUT2D eigenvalue weighted by Gasteiger charge is -2.31. The normalized spacial score (nSPS) is 19.4. The number of benzene rings is 1. The standard InChI is InChI=1S/C20H22ClF2N3O2S/c1-25(12-4-6-28-7-5-12)17(27)9-15-16-8-11(10-26(16)20(29)24-15)18-14(22)3-2-13(21)19(18)23/h2-3,11-12H,4-10H2,1H3,(H,24,29)/t11-/m1/s1. The zero-order valence-corrected chi connectivity index (χ0v) is 17.6. The highest BCUT2D eigenvalue weighted by molar-refractivity contribution is 7.71. The van der Waals surface area contributed by atoms with Crippen molar-refractivity contribution in [2.75, 3.05) is 20.3 Å². The fraction of sp³-hybridized carbons (Fsp3) is 0.500. The number of hydrogen-bond donors (Lipinski definition) is 1. The number of aromatic amines is 1. The van der Waals surface area contributed by atoms with Crippen LogP contribution in [0.2, 0.25) is 5.02 Å². The SMILES string of the molecule is CN(C(=O)Cc1[nH]c(=S)n2c1C[C@@H](c1c(F)ccc(Cl)c1F)C2)C1CCOCC1. The van der Waals surface area contributed by atoms with Gasteiger partial charge in [-0.15, -0.1) is 0 Å². The van der Waals surface area contributed by atoms with Gasteiger partial charge in [-0.1, -0.05) is 11.6 Å². The Kier molecular flexibility index (Phi) is 5.77. The lowest BCUT2D eigenvalue weighted by Crippen LogP contribution is -2.41. The van der Waals surface area contributed by atoms with Crippen molar-refractivity contribution in [3.63, 3.8) is 0 Å². The lowest BCUT2D eigenvalue weighted by molar-refractivity contribution is -0.132. The van der Waals surface area contributed by atoms with Gasteiger partial charge in [-0.25, -0.2) is 8.78 Å². The molecule has 1 N–H and O–H groups in total. The Morgan fingerprint density at radius 2 is 2.10 bits per heavy atom. The molecule has 1 amide bonds. The second-order valence-electron chi connectivity index (χ2n) is 7.65. The van der Waals surface area contributed by atoms with E-state index in [-0.39, 0.29) is 29.0 Å². The molecule has 5 nitrogen and oxygen atoms in total. The first-order valence-corrected chi connectivity index (χ1v) is 10.4. The van der Waals surface area contributed by atoms with Gasteiger partial charge in [0.2, 0.25) is 5.91 Å². The molecule has 1 atom stereocenters. The molecule has 1 fully saturated rings. The van der Waals surface area contributed by atoms with E-state index < -0.39 is 17.6 Å². The van der Waals surface area contributed by atoms with E-state index in [2.05, 4.69) is 4.98 Å². The summed E-state index contributed by atoms with van der Waals surface area (Å²) >= 11 is 11.2. The number of rotatable bonds is 4. The molecule has 4 rings (SSSR count). The summed E-state index contributed by atoms with van der Waals surface area (Å²) in [6, 6.07) is 2.56. The molecule has 1 aromatic carbocycles. The third kappa shape index (κ3) is 3.85. The molecule has 3 heterocycles. The average Bonchev–Trinajstić information content (AvgIpc) is 3.26. The number of imidazole rings is 1. The van der Waals surface area contributed by atoms with Crippen LogP contribution in [0, 0.1) is 16.4 Å². The number of carbonyl (C=O) groups excluding carboxylic acids is 1. The van der Waals surface area contributed by atoms with Crippen molar-refractivity contribution < 1.29 is 18.3 Å². The summed E-state index contributed by atoms with van der Waals surface area (Å²) in [4.78, 5) is 17.7. The fourth-order valence-corrected chi connectivity index (χ4v) is 4.78. The Morgan fingerprint density at radius 1 is 1.38 bits per heavy atom. The van der Waals surface area contributed by atoms with Crippen molar-refractivity contribution >= 4 is 29.7 Å². The molecular weight excluding hydrogens is 420 g/mol. The van der Waals surface area contributed by atoms with Gasteiger partial charge in [-0.05, 0) is 43.6 Å². The summed E-state index contributed by atoms with van der Waals surface area (Å²) in [5.41, 5.74) is 1.52. The Bertz CT molecular complexity index is 1000. The van der Waals surface area contributed by atoms with Gasteiger partial charge in [0.25, 0.3) is 0 Å². The molecule has 0 bridgehead atoms. The van der Waals surface area contributed by atoms with E-state index in [4.69, 9.17) is 28.6 Å². The quantitative estimate of drug-likeness (QED) is 0.576. The van der Waals surface area contributed by atoms with Crippen molar-refractivity contribution in [2.24, 2.45) is 0 Å². The van der Waals surface area contributed by atoms with Crippen LogP contribution in [0.5, 0.6) is 0 Å². The molecule has 0 saturated carbocycles. The summed E-state index contributed by atoms with van der Waals surface area (Å²) in [6.45, 7) is 1.67. The molecule has 9 heteroatoms. The minimum Gasteiger partial charge on any atom is -0.381 e. The average molecular weight is 442 g/mol. The summed E-state index contributed by atoms with van der Waals surface area (Å²) in [5, 5.41) is -0.100. The van der Waals surface area contributed by atoms with Gasteiger partial charge in [0.1, 0.15) is 11.6 Å². The number of amides is 1. The largest absolute Gasteiger partial charge is 0.381 e. The first-order valence-electron chi connectivity index (χ1n) is 9.64. The highest BCUT2D eigenvalue weighted by Crippen LogP contribution is 2.36. The first kappa shape index (κ1) is 20.5. The fourth-order valence-electron chi connectivity index (χ4n) is 4.31. The van der Waals surface area contributed by atoms with Crippen LogP contribution in [-0.4, -0.2) is 46.7 Å². The number of hydrogen-bond acceptors (Lipinski definition) is 3. The lowest BCUT2D eigenvalue weighted by atomic mass is 9.95. The minimum absolute atomic E-state index is 0.0138. The van der Waals surface area contributed by atoms with Crippen molar-refractivity contribution in [2.45, 2.75) is 44.2 Å². The van der Waals surface area contributed by atoms with Gasteiger partial charge in [0, 0.05) is 55.7 Å². The number of H-pyrrole nitrogens is 1. The number of halogens is 3. The van der Waals surface area contributed by atoms with Crippen LogP contribution in [0.25, 0.3) is 0 Å². The van der Waals surface area contributed by atoms with E-state index in [1.165, 1.54) is 12.1 Å². The number of nitrogens with zero attached hydrogens (tertiary/aromatic N) is 2. The number of carbonyl (C=O) groups is 1. The van der Waals surface area contributed by atoms with Crippen LogP contribution < -0.4 is 0 Å². The molecule has 2 aromatic rings. The summed E-state index contributed by atoms with van der Waals surface area (Å²) in [6.07, 6.45) is 2.21. The maximum Gasteiger partial charge on any atom is 0.228 e. The number of likely N-dealkylation sites (N-methyl/N-ethyl adjacent to an activating group) is 1. The first-order chi connectivity index (χ1) is 13.9. The molecule has 0 unspecified atom stereocenters. The zero-order chi connectivity index (χ0) is 20.7. The third-order valence-electron chi connectivity index (χ3n) is 5.97. The molecule has 0 aliphatic carbocycles. The zero-order valence-electron chi connectivity index (χ0n) is 16.0. The molecule has 0 radical (unpaired) electrons. The predicted molar refractivity (Wildman–Crippen MR) is 108 cm³/mol. The van der Waals surface area contributed by atoms with Crippen molar-refractivity contribution in [3.8, 4) is 0 Å².